The lowest BCUT2D eigenvalue weighted by molar-refractivity contribution is -0.116. The molecule has 7 nitrogen and oxygen atoms in total. The number of amides is 1. The highest BCUT2D eigenvalue weighted by molar-refractivity contribution is 5.90. The van der Waals surface area contributed by atoms with Crippen LogP contribution in [0.5, 0.6) is 0 Å². The number of aryl methyl sites for hydroxylation is 3. The number of aromatic nitrogens is 3. The number of hydrogen-bond donors (Lipinski definition) is 1. The standard InChI is InChI=1S/C16H15FN4O3/c1-9-14-10(2)24-20-15(14)16(23)21(19-9)7-6-13(22)18-12-5-3-4-11(17)8-12/h3-5,8H,6-7H2,1-2H3,(H,18,22). The highest BCUT2D eigenvalue weighted by Crippen LogP contribution is 2.16. The zero-order chi connectivity index (χ0) is 17.3. The van der Waals surface area contributed by atoms with Crippen LogP contribution in [0.1, 0.15) is 17.9 Å². The molecule has 0 fully saturated rings. The van der Waals surface area contributed by atoms with Crippen molar-refractivity contribution in [3.8, 4) is 0 Å². The Morgan fingerprint density at radius 2 is 2.17 bits per heavy atom. The third-order valence-electron chi connectivity index (χ3n) is 3.59. The quantitative estimate of drug-likeness (QED) is 0.792. The fourth-order valence-electron chi connectivity index (χ4n) is 2.49. The van der Waals surface area contributed by atoms with Crippen LogP contribution < -0.4 is 10.9 Å². The molecule has 124 valence electrons. The van der Waals surface area contributed by atoms with E-state index in [-0.39, 0.29) is 24.4 Å². The van der Waals surface area contributed by atoms with Crippen LogP contribution in [0.2, 0.25) is 0 Å². The summed E-state index contributed by atoms with van der Waals surface area (Å²) in [6.07, 6.45) is 0.0190. The van der Waals surface area contributed by atoms with Gasteiger partial charge in [-0.3, -0.25) is 9.59 Å². The fourth-order valence-corrected chi connectivity index (χ4v) is 2.49. The van der Waals surface area contributed by atoms with Gasteiger partial charge < -0.3 is 9.84 Å². The molecule has 24 heavy (non-hydrogen) atoms. The zero-order valence-corrected chi connectivity index (χ0v) is 13.2. The Bertz CT molecular complexity index is 977. The lowest BCUT2D eigenvalue weighted by atomic mass is 10.2. The van der Waals surface area contributed by atoms with Crippen molar-refractivity contribution in [1.82, 2.24) is 14.9 Å². The summed E-state index contributed by atoms with van der Waals surface area (Å²) in [7, 11) is 0. The Labute approximate surface area is 136 Å². The summed E-state index contributed by atoms with van der Waals surface area (Å²) >= 11 is 0. The van der Waals surface area contributed by atoms with Gasteiger partial charge in [-0.05, 0) is 32.0 Å². The summed E-state index contributed by atoms with van der Waals surface area (Å²) in [5.74, 6) is -0.250. The summed E-state index contributed by atoms with van der Waals surface area (Å²) in [4.78, 5) is 24.3. The predicted octanol–water partition coefficient (Wildman–Crippen LogP) is 2.17. The van der Waals surface area contributed by atoms with Gasteiger partial charge >= 0.3 is 0 Å². The molecule has 0 aliphatic heterocycles. The van der Waals surface area contributed by atoms with E-state index in [2.05, 4.69) is 15.6 Å². The van der Waals surface area contributed by atoms with E-state index in [0.717, 1.165) is 0 Å². The number of carbonyl (C=O) groups excluding carboxylic acids is 1. The van der Waals surface area contributed by atoms with E-state index < -0.39 is 11.4 Å². The number of hydrogen-bond acceptors (Lipinski definition) is 5. The lowest BCUT2D eigenvalue weighted by Gasteiger charge is -2.07. The van der Waals surface area contributed by atoms with Gasteiger partial charge in [0, 0.05) is 12.1 Å². The van der Waals surface area contributed by atoms with Gasteiger partial charge in [-0.15, -0.1) is 0 Å². The molecule has 1 N–H and O–H groups in total. The van der Waals surface area contributed by atoms with Crippen LogP contribution in [0, 0.1) is 19.7 Å². The van der Waals surface area contributed by atoms with Gasteiger partial charge in [0.05, 0.1) is 17.6 Å². The molecule has 2 heterocycles. The Balaban J connectivity index is 1.75. The van der Waals surface area contributed by atoms with Crippen LogP contribution in [0.25, 0.3) is 10.9 Å². The molecule has 0 spiro atoms. The average molecular weight is 330 g/mol. The maximum atomic E-state index is 13.1. The summed E-state index contributed by atoms with van der Waals surface area (Å²) in [6.45, 7) is 3.54. The first-order valence-corrected chi connectivity index (χ1v) is 7.35. The third kappa shape index (κ3) is 3.03. The Morgan fingerprint density at radius 1 is 1.38 bits per heavy atom. The number of anilines is 1. The number of fused-ring (bicyclic) bond motifs is 1. The second-order valence-corrected chi connectivity index (χ2v) is 5.38. The minimum absolute atomic E-state index is 0.0190. The molecule has 0 saturated carbocycles. The van der Waals surface area contributed by atoms with Crippen LogP contribution in [-0.2, 0) is 11.3 Å². The lowest BCUT2D eigenvalue weighted by Crippen LogP contribution is -2.26. The maximum Gasteiger partial charge on any atom is 0.296 e. The normalized spacial score (nSPS) is 11.0. The summed E-state index contributed by atoms with van der Waals surface area (Å²) < 4.78 is 19.3. The van der Waals surface area contributed by atoms with Crippen molar-refractivity contribution in [2.75, 3.05) is 5.32 Å². The van der Waals surface area contributed by atoms with E-state index in [4.69, 9.17) is 4.52 Å². The zero-order valence-electron chi connectivity index (χ0n) is 13.2. The molecule has 2 aromatic heterocycles. The molecule has 1 amide bonds. The van der Waals surface area contributed by atoms with Gasteiger partial charge in [0.15, 0.2) is 5.52 Å². The molecule has 0 bridgehead atoms. The van der Waals surface area contributed by atoms with Crippen molar-refractivity contribution < 1.29 is 13.7 Å². The number of nitrogens with one attached hydrogen (secondary N) is 1. The maximum absolute atomic E-state index is 13.1. The van der Waals surface area contributed by atoms with Gasteiger partial charge in [-0.25, -0.2) is 9.07 Å². The third-order valence-corrected chi connectivity index (χ3v) is 3.59. The topological polar surface area (TPSA) is 90.0 Å². The van der Waals surface area contributed by atoms with Crippen LogP contribution >= 0.6 is 0 Å². The monoisotopic (exact) mass is 330 g/mol. The number of benzene rings is 1. The molecule has 0 atom stereocenters. The summed E-state index contributed by atoms with van der Waals surface area (Å²) in [5, 5.41) is 11.1. The molecule has 3 rings (SSSR count). The van der Waals surface area contributed by atoms with Crippen LogP contribution in [0.4, 0.5) is 10.1 Å². The Hall–Kier alpha value is -3.03. The highest BCUT2D eigenvalue weighted by Gasteiger charge is 2.15. The molecule has 0 unspecified atom stereocenters. The molecular formula is C16H15FN4O3. The number of halogens is 1. The van der Waals surface area contributed by atoms with E-state index in [1.165, 1.54) is 22.9 Å². The SMILES string of the molecule is Cc1nn(CCC(=O)Nc2cccc(F)c2)c(=O)c2noc(C)c12. The van der Waals surface area contributed by atoms with Gasteiger partial charge in [-0.1, -0.05) is 11.2 Å². The second-order valence-electron chi connectivity index (χ2n) is 5.38. The second kappa shape index (κ2) is 6.23. The molecule has 0 radical (unpaired) electrons. The average Bonchev–Trinajstić information content (AvgIpc) is 2.92. The molecule has 8 heteroatoms. The number of rotatable bonds is 4. The highest BCUT2D eigenvalue weighted by atomic mass is 19.1. The fraction of sp³-hybridized carbons (Fsp3) is 0.250. The van der Waals surface area contributed by atoms with Crippen molar-refractivity contribution in [3.63, 3.8) is 0 Å². The van der Waals surface area contributed by atoms with Crippen molar-refractivity contribution in [2.24, 2.45) is 0 Å². The molecule has 0 saturated heterocycles. The van der Waals surface area contributed by atoms with Crippen molar-refractivity contribution >= 4 is 22.5 Å². The van der Waals surface area contributed by atoms with E-state index in [9.17, 15) is 14.0 Å². The molecule has 3 aromatic rings. The largest absolute Gasteiger partial charge is 0.360 e. The van der Waals surface area contributed by atoms with Crippen LogP contribution in [0.15, 0.2) is 33.6 Å². The van der Waals surface area contributed by atoms with E-state index in [1.54, 1.807) is 19.9 Å². The van der Waals surface area contributed by atoms with Crippen molar-refractivity contribution in [1.29, 1.82) is 0 Å². The van der Waals surface area contributed by atoms with Gasteiger partial charge in [0.1, 0.15) is 11.6 Å². The van der Waals surface area contributed by atoms with E-state index in [1.807, 2.05) is 0 Å². The van der Waals surface area contributed by atoms with Crippen molar-refractivity contribution in [3.05, 3.63) is 51.9 Å². The summed E-state index contributed by atoms with van der Waals surface area (Å²) in [6, 6.07) is 5.59. The molecule has 0 aliphatic rings. The van der Waals surface area contributed by atoms with E-state index in [0.29, 0.717) is 22.5 Å². The molecule has 0 aliphatic carbocycles. The number of carbonyl (C=O) groups is 1. The van der Waals surface area contributed by atoms with Gasteiger partial charge in [-0.2, -0.15) is 5.10 Å². The van der Waals surface area contributed by atoms with Gasteiger partial charge in [0.2, 0.25) is 5.91 Å². The minimum atomic E-state index is -0.437. The summed E-state index contributed by atoms with van der Waals surface area (Å²) in [5.41, 5.74) is 0.754. The van der Waals surface area contributed by atoms with Crippen LogP contribution in [0.3, 0.4) is 0 Å². The first-order valence-electron chi connectivity index (χ1n) is 7.35. The Kier molecular flexibility index (Phi) is 4.11. The number of nitrogens with zero attached hydrogens (tertiary/aromatic N) is 3. The molecule has 1 aromatic carbocycles. The molecular weight excluding hydrogens is 315 g/mol. The smallest absolute Gasteiger partial charge is 0.296 e. The first kappa shape index (κ1) is 15.9. The van der Waals surface area contributed by atoms with Crippen molar-refractivity contribution in [2.45, 2.75) is 26.8 Å². The Morgan fingerprint density at radius 3 is 2.92 bits per heavy atom. The van der Waals surface area contributed by atoms with E-state index >= 15 is 0 Å². The van der Waals surface area contributed by atoms with Crippen LogP contribution in [-0.4, -0.2) is 20.8 Å². The predicted molar refractivity (Wildman–Crippen MR) is 85.2 cm³/mol. The van der Waals surface area contributed by atoms with Gasteiger partial charge in [0.25, 0.3) is 5.56 Å². The first-order chi connectivity index (χ1) is 11.5. The minimum Gasteiger partial charge on any atom is -0.360 e.